The fourth-order valence-corrected chi connectivity index (χ4v) is 3.53. The summed E-state index contributed by atoms with van der Waals surface area (Å²) in [5.74, 6) is 0.673. The van der Waals surface area contributed by atoms with Crippen molar-refractivity contribution in [2.45, 2.75) is 38.3 Å². The lowest BCUT2D eigenvalue weighted by Gasteiger charge is -2.26. The number of aliphatic hydroxyl groups is 1. The Labute approximate surface area is 148 Å². The average molecular weight is 342 g/mol. The highest BCUT2D eigenvalue weighted by atomic mass is 16.3. The van der Waals surface area contributed by atoms with Crippen LogP contribution in [0, 0.1) is 6.92 Å². The van der Waals surface area contributed by atoms with Crippen LogP contribution in [0.15, 0.2) is 36.4 Å². The normalized spacial score (nSPS) is 19.1. The first kappa shape index (κ1) is 17.6. The van der Waals surface area contributed by atoms with Crippen LogP contribution < -0.4 is 5.32 Å². The van der Waals surface area contributed by atoms with Crippen LogP contribution in [0.1, 0.15) is 36.6 Å². The van der Waals surface area contributed by atoms with Crippen LogP contribution in [0.2, 0.25) is 0 Å². The summed E-state index contributed by atoms with van der Waals surface area (Å²) < 4.78 is 1.67. The fourth-order valence-electron chi connectivity index (χ4n) is 3.53. The van der Waals surface area contributed by atoms with Crippen molar-refractivity contribution < 1.29 is 9.90 Å². The standard InChI is InChI=1S/C19H26N4O2/c1-14-11-18(22(2)21-14)20-19(25)13-23-10-6-9-16(23)12-17(24)15-7-4-3-5-8-15/h3-5,7-8,11,16-17,24H,6,9-10,12-13H2,1-2H3,(H,20,25)/t16-,17+/m1/s1. The monoisotopic (exact) mass is 342 g/mol. The Morgan fingerprint density at radius 1 is 1.40 bits per heavy atom. The largest absolute Gasteiger partial charge is 0.388 e. The van der Waals surface area contributed by atoms with E-state index in [0.29, 0.717) is 18.8 Å². The highest BCUT2D eigenvalue weighted by molar-refractivity contribution is 5.91. The third kappa shape index (κ3) is 4.46. The molecule has 3 rings (SSSR count). The first-order chi connectivity index (χ1) is 12.0. The minimum Gasteiger partial charge on any atom is -0.388 e. The molecule has 1 aromatic carbocycles. The molecule has 0 radical (unpaired) electrons. The lowest BCUT2D eigenvalue weighted by molar-refractivity contribution is -0.117. The fraction of sp³-hybridized carbons (Fsp3) is 0.474. The predicted octanol–water partition coefficient (Wildman–Crippen LogP) is 2.26. The van der Waals surface area contributed by atoms with E-state index in [2.05, 4.69) is 15.3 Å². The molecule has 25 heavy (non-hydrogen) atoms. The van der Waals surface area contributed by atoms with Gasteiger partial charge in [-0.15, -0.1) is 0 Å². The van der Waals surface area contributed by atoms with Gasteiger partial charge in [-0.25, -0.2) is 0 Å². The van der Waals surface area contributed by atoms with Gasteiger partial charge in [-0.3, -0.25) is 14.4 Å². The van der Waals surface area contributed by atoms with Gasteiger partial charge in [0.05, 0.1) is 18.3 Å². The molecule has 1 aromatic heterocycles. The summed E-state index contributed by atoms with van der Waals surface area (Å²) in [6, 6.07) is 11.8. The van der Waals surface area contributed by atoms with E-state index < -0.39 is 6.10 Å². The number of aryl methyl sites for hydroxylation is 2. The quantitative estimate of drug-likeness (QED) is 0.845. The van der Waals surface area contributed by atoms with Gasteiger partial charge < -0.3 is 10.4 Å². The molecule has 1 fully saturated rings. The summed E-state index contributed by atoms with van der Waals surface area (Å²) in [4.78, 5) is 14.5. The lowest BCUT2D eigenvalue weighted by Crippen LogP contribution is -2.37. The smallest absolute Gasteiger partial charge is 0.239 e. The molecule has 2 atom stereocenters. The SMILES string of the molecule is Cc1cc(NC(=O)CN2CCC[C@@H]2C[C@H](O)c2ccccc2)n(C)n1. The maximum atomic E-state index is 12.4. The number of carbonyl (C=O) groups excluding carboxylic acids is 1. The second kappa shape index (κ2) is 7.80. The van der Waals surface area contributed by atoms with Gasteiger partial charge in [0.15, 0.2) is 0 Å². The van der Waals surface area contributed by atoms with E-state index in [1.54, 1.807) is 4.68 Å². The maximum absolute atomic E-state index is 12.4. The Bertz CT molecular complexity index is 713. The number of benzene rings is 1. The van der Waals surface area contributed by atoms with Crippen LogP contribution in [0.3, 0.4) is 0 Å². The zero-order valence-corrected chi connectivity index (χ0v) is 14.9. The molecule has 2 aromatic rings. The van der Waals surface area contributed by atoms with E-state index in [-0.39, 0.29) is 11.9 Å². The van der Waals surface area contributed by atoms with Gasteiger partial charge in [0.1, 0.15) is 5.82 Å². The van der Waals surface area contributed by atoms with E-state index in [4.69, 9.17) is 0 Å². The third-order valence-electron chi connectivity index (χ3n) is 4.79. The van der Waals surface area contributed by atoms with Gasteiger partial charge in [0, 0.05) is 19.2 Å². The second-order valence-electron chi connectivity index (χ2n) is 6.77. The first-order valence-electron chi connectivity index (χ1n) is 8.80. The summed E-state index contributed by atoms with van der Waals surface area (Å²) in [5, 5.41) is 17.6. The Kier molecular flexibility index (Phi) is 5.50. The van der Waals surface area contributed by atoms with E-state index in [0.717, 1.165) is 30.6 Å². The van der Waals surface area contributed by atoms with Crippen LogP contribution >= 0.6 is 0 Å². The van der Waals surface area contributed by atoms with Crippen LogP contribution in [-0.2, 0) is 11.8 Å². The molecular formula is C19H26N4O2. The lowest BCUT2D eigenvalue weighted by atomic mass is 10.0. The molecule has 6 heteroatoms. The Morgan fingerprint density at radius 2 is 2.16 bits per heavy atom. The average Bonchev–Trinajstić information content (AvgIpc) is 3.14. The van der Waals surface area contributed by atoms with Crippen molar-refractivity contribution in [1.82, 2.24) is 14.7 Å². The zero-order chi connectivity index (χ0) is 17.8. The first-order valence-corrected chi connectivity index (χ1v) is 8.80. The van der Waals surface area contributed by atoms with Crippen molar-refractivity contribution in [2.75, 3.05) is 18.4 Å². The summed E-state index contributed by atoms with van der Waals surface area (Å²) in [7, 11) is 1.82. The Morgan fingerprint density at radius 3 is 2.84 bits per heavy atom. The van der Waals surface area contributed by atoms with E-state index >= 15 is 0 Å². The van der Waals surface area contributed by atoms with Crippen molar-refractivity contribution in [1.29, 1.82) is 0 Å². The topological polar surface area (TPSA) is 70.4 Å². The van der Waals surface area contributed by atoms with Crippen LogP contribution in [0.5, 0.6) is 0 Å². The molecule has 0 aliphatic carbocycles. The number of nitrogens with zero attached hydrogens (tertiary/aromatic N) is 3. The highest BCUT2D eigenvalue weighted by Gasteiger charge is 2.28. The van der Waals surface area contributed by atoms with E-state index in [1.807, 2.05) is 50.4 Å². The number of hydrogen-bond acceptors (Lipinski definition) is 4. The minimum atomic E-state index is -0.491. The van der Waals surface area contributed by atoms with Crippen LogP contribution in [0.25, 0.3) is 0 Å². The summed E-state index contributed by atoms with van der Waals surface area (Å²) in [6.07, 6.45) is 2.24. The number of likely N-dealkylation sites (tertiary alicyclic amines) is 1. The molecule has 134 valence electrons. The molecule has 0 saturated carbocycles. The molecule has 1 aliphatic heterocycles. The number of aliphatic hydroxyl groups excluding tert-OH is 1. The number of hydrogen-bond donors (Lipinski definition) is 2. The number of nitrogens with one attached hydrogen (secondary N) is 1. The highest BCUT2D eigenvalue weighted by Crippen LogP contribution is 2.27. The summed E-state index contributed by atoms with van der Waals surface area (Å²) >= 11 is 0. The van der Waals surface area contributed by atoms with Gasteiger partial charge in [-0.1, -0.05) is 30.3 Å². The molecule has 0 unspecified atom stereocenters. The molecule has 1 aliphatic rings. The second-order valence-corrected chi connectivity index (χ2v) is 6.77. The van der Waals surface area contributed by atoms with Crippen molar-refractivity contribution in [3.8, 4) is 0 Å². The third-order valence-corrected chi connectivity index (χ3v) is 4.79. The molecule has 2 N–H and O–H groups in total. The van der Waals surface area contributed by atoms with Crippen molar-refractivity contribution in [3.05, 3.63) is 47.7 Å². The number of rotatable bonds is 6. The molecule has 0 spiro atoms. The van der Waals surface area contributed by atoms with Crippen molar-refractivity contribution in [3.63, 3.8) is 0 Å². The van der Waals surface area contributed by atoms with Crippen LogP contribution in [0.4, 0.5) is 5.82 Å². The summed E-state index contributed by atoms with van der Waals surface area (Å²) in [5.41, 5.74) is 1.81. The van der Waals surface area contributed by atoms with Crippen LogP contribution in [-0.4, -0.2) is 44.8 Å². The molecule has 1 amide bonds. The van der Waals surface area contributed by atoms with E-state index in [1.165, 1.54) is 0 Å². The predicted molar refractivity (Wildman–Crippen MR) is 97.2 cm³/mol. The number of aromatic nitrogens is 2. The number of anilines is 1. The number of amides is 1. The Hall–Kier alpha value is -2.18. The van der Waals surface area contributed by atoms with Gasteiger partial charge in [0.2, 0.25) is 5.91 Å². The minimum absolute atomic E-state index is 0.0379. The van der Waals surface area contributed by atoms with Gasteiger partial charge in [-0.05, 0) is 38.3 Å². The van der Waals surface area contributed by atoms with Gasteiger partial charge in [0.25, 0.3) is 0 Å². The molecule has 2 heterocycles. The number of carbonyl (C=O) groups is 1. The molecule has 1 saturated heterocycles. The molecular weight excluding hydrogens is 316 g/mol. The van der Waals surface area contributed by atoms with Crippen molar-refractivity contribution >= 4 is 11.7 Å². The molecule has 6 nitrogen and oxygen atoms in total. The zero-order valence-electron chi connectivity index (χ0n) is 14.9. The van der Waals surface area contributed by atoms with Crippen molar-refractivity contribution in [2.24, 2.45) is 7.05 Å². The van der Waals surface area contributed by atoms with E-state index in [9.17, 15) is 9.90 Å². The Balaban J connectivity index is 1.56. The summed E-state index contributed by atoms with van der Waals surface area (Å²) in [6.45, 7) is 3.14. The molecule has 0 bridgehead atoms. The van der Waals surface area contributed by atoms with Gasteiger partial charge in [-0.2, -0.15) is 5.10 Å². The maximum Gasteiger partial charge on any atom is 0.239 e. The van der Waals surface area contributed by atoms with Gasteiger partial charge >= 0.3 is 0 Å².